The molecule has 5 aromatic rings. The van der Waals surface area contributed by atoms with Crippen LogP contribution in [-0.4, -0.2) is 7.11 Å². The molecule has 9 heteroatoms. The number of aryl methyl sites for hydroxylation is 2. The second-order valence-corrected chi connectivity index (χ2v) is 8.83. The van der Waals surface area contributed by atoms with E-state index in [1.54, 1.807) is 12.1 Å². The van der Waals surface area contributed by atoms with Crippen LogP contribution in [0.1, 0.15) is 22.5 Å². The van der Waals surface area contributed by atoms with Crippen LogP contribution >= 0.6 is 0 Å². The van der Waals surface area contributed by atoms with Crippen molar-refractivity contribution in [2.45, 2.75) is 26.6 Å². The van der Waals surface area contributed by atoms with Crippen molar-refractivity contribution < 1.29 is 31.5 Å². The van der Waals surface area contributed by atoms with Gasteiger partial charge in [-0.3, -0.25) is 4.79 Å². The Bertz CT molecular complexity index is 1810. The fraction of sp³-hybridized carbons (Fsp3) is 0.172. The molecule has 0 saturated carbocycles. The van der Waals surface area contributed by atoms with Crippen LogP contribution < -0.4 is 20.5 Å². The van der Waals surface area contributed by atoms with E-state index in [1.807, 2.05) is 19.9 Å². The van der Waals surface area contributed by atoms with Crippen molar-refractivity contribution in [1.29, 1.82) is 0 Å². The third-order valence-corrected chi connectivity index (χ3v) is 6.16. The lowest BCUT2D eigenvalue weighted by molar-refractivity contribution is -0.152. The lowest BCUT2D eigenvalue weighted by Gasteiger charge is -2.15. The summed E-state index contributed by atoms with van der Waals surface area (Å²) in [4.78, 5) is 25.4. The molecule has 194 valence electrons. The number of ether oxygens (including phenoxy) is 2. The zero-order valence-electron chi connectivity index (χ0n) is 20.6. The minimum atomic E-state index is -4.95. The number of para-hydroxylation sites is 1. The summed E-state index contributed by atoms with van der Waals surface area (Å²) in [7, 11) is 1.31. The van der Waals surface area contributed by atoms with Gasteiger partial charge in [0.25, 0.3) is 0 Å². The van der Waals surface area contributed by atoms with Gasteiger partial charge >= 0.3 is 11.8 Å². The Morgan fingerprint density at radius 2 is 1.66 bits per heavy atom. The van der Waals surface area contributed by atoms with Gasteiger partial charge in [-0.15, -0.1) is 0 Å². The first-order chi connectivity index (χ1) is 18.1. The zero-order valence-corrected chi connectivity index (χ0v) is 20.6. The molecular formula is C29H21F3O6. The van der Waals surface area contributed by atoms with E-state index in [2.05, 4.69) is 0 Å². The standard InChI is InChI=1S/C29H21F3O6/c1-15-10-16(2)25-17(12-24(33)37-23(25)11-15)14-36-18-8-9-20-22(13-18)38-28(29(30,31)32)26(27(20)34)19-6-4-5-7-21(19)35-3/h4-13H,14H2,1-3H3. The van der Waals surface area contributed by atoms with Crippen LogP contribution in [0.2, 0.25) is 0 Å². The lowest BCUT2D eigenvalue weighted by atomic mass is 10.0. The third-order valence-electron chi connectivity index (χ3n) is 6.16. The highest BCUT2D eigenvalue weighted by atomic mass is 19.4. The van der Waals surface area contributed by atoms with Crippen LogP contribution in [0.5, 0.6) is 11.5 Å². The Hall–Kier alpha value is -4.53. The van der Waals surface area contributed by atoms with Gasteiger partial charge in [-0.1, -0.05) is 24.3 Å². The molecule has 0 radical (unpaired) electrons. The minimum absolute atomic E-state index is 0.0290. The molecule has 38 heavy (non-hydrogen) atoms. The predicted molar refractivity (Wildman–Crippen MR) is 136 cm³/mol. The summed E-state index contributed by atoms with van der Waals surface area (Å²) >= 11 is 0. The van der Waals surface area contributed by atoms with E-state index in [0.29, 0.717) is 16.5 Å². The summed E-state index contributed by atoms with van der Waals surface area (Å²) in [5.41, 5.74) is 0.413. The first kappa shape index (κ1) is 25.1. The van der Waals surface area contributed by atoms with Gasteiger partial charge < -0.3 is 18.3 Å². The first-order valence-corrected chi connectivity index (χ1v) is 11.5. The highest BCUT2D eigenvalue weighted by Gasteiger charge is 2.40. The number of halogens is 3. The largest absolute Gasteiger partial charge is 0.496 e. The van der Waals surface area contributed by atoms with Gasteiger partial charge in [0.15, 0.2) is 0 Å². The highest BCUT2D eigenvalue weighted by molar-refractivity contribution is 5.86. The second kappa shape index (κ2) is 9.41. The van der Waals surface area contributed by atoms with Crippen molar-refractivity contribution in [2.75, 3.05) is 7.11 Å². The maximum Gasteiger partial charge on any atom is 0.450 e. The van der Waals surface area contributed by atoms with E-state index < -0.39 is 28.6 Å². The molecule has 0 N–H and O–H groups in total. The van der Waals surface area contributed by atoms with Crippen LogP contribution in [0, 0.1) is 13.8 Å². The van der Waals surface area contributed by atoms with Crippen molar-refractivity contribution in [1.82, 2.24) is 0 Å². The van der Waals surface area contributed by atoms with Crippen LogP contribution in [0.15, 0.2) is 79.1 Å². The highest BCUT2D eigenvalue weighted by Crippen LogP contribution is 2.40. The van der Waals surface area contributed by atoms with E-state index in [0.717, 1.165) is 11.1 Å². The van der Waals surface area contributed by atoms with Gasteiger partial charge in [-0.05, 0) is 49.2 Å². The van der Waals surface area contributed by atoms with Crippen molar-refractivity contribution in [3.63, 3.8) is 0 Å². The molecule has 2 aromatic heterocycles. The summed E-state index contributed by atoms with van der Waals surface area (Å²) in [6.45, 7) is 3.70. The molecule has 0 spiro atoms. The summed E-state index contributed by atoms with van der Waals surface area (Å²) in [6.07, 6.45) is -4.95. The van der Waals surface area contributed by atoms with Crippen LogP contribution in [0.25, 0.3) is 33.1 Å². The molecule has 0 unspecified atom stereocenters. The number of methoxy groups -OCH3 is 1. The normalized spacial score (nSPS) is 11.7. The topological polar surface area (TPSA) is 78.9 Å². The number of alkyl halides is 3. The summed E-state index contributed by atoms with van der Waals surface area (Å²) in [6, 6.07) is 15.0. The molecule has 0 amide bonds. The van der Waals surface area contributed by atoms with E-state index in [1.165, 1.54) is 49.6 Å². The Kier molecular flexibility index (Phi) is 6.22. The van der Waals surface area contributed by atoms with Crippen molar-refractivity contribution in [3.8, 4) is 22.6 Å². The van der Waals surface area contributed by atoms with Gasteiger partial charge in [-0.2, -0.15) is 13.2 Å². The van der Waals surface area contributed by atoms with Gasteiger partial charge in [0.05, 0.1) is 18.1 Å². The molecule has 0 aliphatic rings. The molecule has 0 aliphatic carbocycles. The molecule has 6 nitrogen and oxygen atoms in total. The van der Waals surface area contributed by atoms with E-state index in [9.17, 15) is 22.8 Å². The van der Waals surface area contributed by atoms with E-state index in [-0.39, 0.29) is 34.6 Å². The Morgan fingerprint density at radius 3 is 2.39 bits per heavy atom. The zero-order chi connectivity index (χ0) is 27.2. The molecule has 0 aliphatic heterocycles. The minimum Gasteiger partial charge on any atom is -0.496 e. The van der Waals surface area contributed by atoms with Gasteiger partial charge in [0, 0.05) is 28.6 Å². The molecule has 2 heterocycles. The number of benzene rings is 3. The summed E-state index contributed by atoms with van der Waals surface area (Å²) in [5.74, 6) is -1.17. The van der Waals surface area contributed by atoms with Crippen LogP contribution in [0.3, 0.4) is 0 Å². The van der Waals surface area contributed by atoms with Crippen LogP contribution in [0.4, 0.5) is 13.2 Å². The Balaban J connectivity index is 1.59. The number of fused-ring (bicyclic) bond motifs is 2. The molecule has 0 bridgehead atoms. The van der Waals surface area contributed by atoms with Crippen molar-refractivity contribution in [2.24, 2.45) is 0 Å². The monoisotopic (exact) mass is 522 g/mol. The second-order valence-electron chi connectivity index (χ2n) is 8.83. The Morgan fingerprint density at radius 1 is 0.895 bits per heavy atom. The fourth-order valence-electron chi connectivity index (χ4n) is 4.61. The summed E-state index contributed by atoms with van der Waals surface area (Å²) in [5, 5.41) is 0.659. The SMILES string of the molecule is COc1ccccc1-c1c(C(F)(F)F)oc2cc(OCc3cc(=O)oc4cc(C)cc(C)c34)ccc2c1=O. The summed E-state index contributed by atoms with van der Waals surface area (Å²) < 4.78 is 63.8. The molecular weight excluding hydrogens is 501 g/mol. The van der Waals surface area contributed by atoms with Crippen LogP contribution in [-0.2, 0) is 12.8 Å². The van der Waals surface area contributed by atoms with Gasteiger partial charge in [-0.25, -0.2) is 4.79 Å². The van der Waals surface area contributed by atoms with Crippen molar-refractivity contribution in [3.05, 3.63) is 104 Å². The molecule has 0 saturated heterocycles. The predicted octanol–water partition coefficient (Wildman–Crippen LogP) is 6.79. The average molecular weight is 522 g/mol. The molecule has 3 aromatic carbocycles. The number of hydrogen-bond donors (Lipinski definition) is 0. The fourth-order valence-corrected chi connectivity index (χ4v) is 4.61. The number of hydrogen-bond acceptors (Lipinski definition) is 6. The van der Waals surface area contributed by atoms with Gasteiger partial charge in [0.2, 0.25) is 11.2 Å². The molecule has 5 rings (SSSR count). The maximum absolute atomic E-state index is 14.1. The van der Waals surface area contributed by atoms with Gasteiger partial charge in [0.1, 0.15) is 29.3 Å². The van der Waals surface area contributed by atoms with E-state index in [4.69, 9.17) is 18.3 Å². The molecule has 0 fully saturated rings. The Labute approximate surface area is 213 Å². The number of rotatable bonds is 5. The lowest BCUT2D eigenvalue weighted by Crippen LogP contribution is -2.16. The third kappa shape index (κ3) is 4.51. The average Bonchev–Trinajstić information content (AvgIpc) is 2.86. The molecule has 0 atom stereocenters. The van der Waals surface area contributed by atoms with E-state index >= 15 is 0 Å². The quantitative estimate of drug-likeness (QED) is 0.237. The maximum atomic E-state index is 14.1. The first-order valence-electron chi connectivity index (χ1n) is 11.5. The van der Waals surface area contributed by atoms with Crippen molar-refractivity contribution >= 4 is 21.9 Å². The smallest absolute Gasteiger partial charge is 0.450 e.